The molecule has 0 spiro atoms. The molecule has 1 N–H and O–H groups in total. The summed E-state index contributed by atoms with van der Waals surface area (Å²) in [6.45, 7) is 3.11. The number of carbonyl (C=O) groups excluding carboxylic acids is 1. The van der Waals surface area contributed by atoms with E-state index in [-0.39, 0.29) is 5.91 Å². The smallest absolute Gasteiger partial charge is 0.306 e. The molecule has 3 aromatic carbocycles. The molecule has 0 saturated heterocycles. The van der Waals surface area contributed by atoms with Crippen LogP contribution in [0.5, 0.6) is 0 Å². The molecular formula is C30H32N2O3. The van der Waals surface area contributed by atoms with Gasteiger partial charge in [0.15, 0.2) is 0 Å². The van der Waals surface area contributed by atoms with Crippen LogP contribution >= 0.6 is 0 Å². The zero-order chi connectivity index (χ0) is 24.8. The molecule has 1 heterocycles. The molecule has 0 saturated carbocycles. The first-order valence-corrected chi connectivity index (χ1v) is 12.1. The van der Waals surface area contributed by atoms with Gasteiger partial charge in [-0.2, -0.15) is 0 Å². The zero-order valence-electron chi connectivity index (χ0n) is 20.4. The first-order chi connectivity index (χ1) is 16.9. The summed E-state index contributed by atoms with van der Waals surface area (Å²) < 4.78 is 2.17. The molecule has 5 nitrogen and oxygen atoms in total. The number of aromatic nitrogens is 1. The Hall–Kier alpha value is -3.86. The van der Waals surface area contributed by atoms with Gasteiger partial charge < -0.3 is 14.6 Å². The topological polar surface area (TPSA) is 62.5 Å². The number of amides is 1. The molecule has 1 amide bonds. The van der Waals surface area contributed by atoms with Crippen molar-refractivity contribution in [3.8, 4) is 0 Å². The largest absolute Gasteiger partial charge is 0.481 e. The second-order valence-corrected chi connectivity index (χ2v) is 9.29. The van der Waals surface area contributed by atoms with E-state index in [1.54, 1.807) is 11.8 Å². The maximum atomic E-state index is 12.9. The van der Waals surface area contributed by atoms with Crippen LogP contribution in [0.15, 0.2) is 85.1 Å². The number of hydrogen-bond donors (Lipinski definition) is 1. The maximum absolute atomic E-state index is 12.9. The highest BCUT2D eigenvalue weighted by Crippen LogP contribution is 2.27. The molecule has 1 aromatic heterocycles. The Bertz CT molecular complexity index is 1300. The number of likely N-dealkylation sites (N-methyl/N-ethyl adjacent to an activating group) is 1. The van der Waals surface area contributed by atoms with Crippen LogP contribution in [0.2, 0.25) is 0 Å². The Balaban J connectivity index is 1.54. The zero-order valence-corrected chi connectivity index (χ0v) is 20.4. The summed E-state index contributed by atoms with van der Waals surface area (Å²) in [5.74, 6) is -1.22. The molecule has 5 heteroatoms. The van der Waals surface area contributed by atoms with Gasteiger partial charge in [0.1, 0.15) is 0 Å². The SMILES string of the molecule is CC(Cc1cn(Cc2ccccc2)c2ccc(CC(=O)N(C)CCc3ccccc3)cc12)C(=O)O. The number of aliphatic carboxylic acids is 1. The van der Waals surface area contributed by atoms with Gasteiger partial charge in [0.25, 0.3) is 0 Å². The fourth-order valence-corrected chi connectivity index (χ4v) is 4.39. The highest BCUT2D eigenvalue weighted by Gasteiger charge is 2.18. The van der Waals surface area contributed by atoms with E-state index in [2.05, 4.69) is 47.2 Å². The number of carbonyl (C=O) groups is 2. The second kappa shape index (κ2) is 11.0. The summed E-state index contributed by atoms with van der Waals surface area (Å²) in [5, 5.41) is 10.5. The molecule has 0 bridgehead atoms. The lowest BCUT2D eigenvalue weighted by molar-refractivity contribution is -0.141. The number of hydrogen-bond acceptors (Lipinski definition) is 2. The van der Waals surface area contributed by atoms with Crippen molar-refractivity contribution in [2.45, 2.75) is 32.7 Å². The van der Waals surface area contributed by atoms with Crippen LogP contribution in [-0.2, 0) is 35.4 Å². The second-order valence-electron chi connectivity index (χ2n) is 9.29. The van der Waals surface area contributed by atoms with Crippen LogP contribution in [0.3, 0.4) is 0 Å². The third-order valence-electron chi connectivity index (χ3n) is 6.53. The van der Waals surface area contributed by atoms with Crippen molar-refractivity contribution in [2.24, 2.45) is 5.92 Å². The van der Waals surface area contributed by atoms with Gasteiger partial charge in [-0.05, 0) is 47.2 Å². The molecule has 1 unspecified atom stereocenters. The predicted octanol–water partition coefficient (Wildman–Crippen LogP) is 5.20. The fraction of sp³-hybridized carbons (Fsp3) is 0.267. The van der Waals surface area contributed by atoms with E-state index in [9.17, 15) is 14.7 Å². The molecule has 0 fully saturated rings. The number of rotatable bonds is 10. The third-order valence-corrected chi connectivity index (χ3v) is 6.53. The molecule has 4 aromatic rings. The normalized spacial score (nSPS) is 11.9. The van der Waals surface area contributed by atoms with Crippen molar-refractivity contribution in [3.63, 3.8) is 0 Å². The average molecular weight is 469 g/mol. The van der Waals surface area contributed by atoms with E-state index in [0.717, 1.165) is 28.5 Å². The van der Waals surface area contributed by atoms with Crippen molar-refractivity contribution in [2.75, 3.05) is 13.6 Å². The molecule has 0 aliphatic heterocycles. The van der Waals surface area contributed by atoms with Crippen molar-refractivity contribution in [3.05, 3.63) is 107 Å². The van der Waals surface area contributed by atoms with E-state index in [4.69, 9.17) is 0 Å². The molecule has 0 aliphatic carbocycles. The van der Waals surface area contributed by atoms with Gasteiger partial charge in [-0.1, -0.05) is 73.7 Å². The van der Waals surface area contributed by atoms with Crippen LogP contribution in [-0.4, -0.2) is 40.0 Å². The number of benzene rings is 3. The lowest BCUT2D eigenvalue weighted by Crippen LogP contribution is -2.30. The predicted molar refractivity (Wildman–Crippen MR) is 139 cm³/mol. The summed E-state index contributed by atoms with van der Waals surface area (Å²) in [5.41, 5.74) is 5.38. The maximum Gasteiger partial charge on any atom is 0.306 e. The quantitative estimate of drug-likeness (QED) is 0.348. The van der Waals surface area contributed by atoms with Crippen LogP contribution < -0.4 is 0 Å². The molecule has 1 atom stereocenters. The molecule has 0 radical (unpaired) electrons. The number of carboxylic acid groups (broad SMARTS) is 1. The highest BCUT2D eigenvalue weighted by atomic mass is 16.4. The van der Waals surface area contributed by atoms with Gasteiger partial charge in [0.05, 0.1) is 12.3 Å². The van der Waals surface area contributed by atoms with E-state index >= 15 is 0 Å². The Morgan fingerprint density at radius 1 is 0.914 bits per heavy atom. The summed E-state index contributed by atoms with van der Waals surface area (Å²) in [4.78, 5) is 26.2. The number of fused-ring (bicyclic) bond motifs is 1. The average Bonchev–Trinajstić information content (AvgIpc) is 3.19. The van der Waals surface area contributed by atoms with Gasteiger partial charge in [0, 0.05) is 37.2 Å². The Morgan fingerprint density at radius 3 is 2.23 bits per heavy atom. The highest BCUT2D eigenvalue weighted by molar-refractivity contribution is 5.87. The number of carboxylic acids is 1. The lowest BCUT2D eigenvalue weighted by atomic mass is 9.99. The van der Waals surface area contributed by atoms with Crippen LogP contribution in [0.25, 0.3) is 10.9 Å². The minimum Gasteiger partial charge on any atom is -0.481 e. The van der Waals surface area contributed by atoms with Crippen LogP contribution in [0.1, 0.15) is 29.2 Å². The summed E-state index contributed by atoms with van der Waals surface area (Å²) in [6.07, 6.45) is 3.65. The summed E-state index contributed by atoms with van der Waals surface area (Å²) in [6, 6.07) is 26.5. The van der Waals surface area contributed by atoms with E-state index in [0.29, 0.717) is 25.9 Å². The fourth-order valence-electron chi connectivity index (χ4n) is 4.39. The van der Waals surface area contributed by atoms with Gasteiger partial charge in [-0.15, -0.1) is 0 Å². The molecular weight excluding hydrogens is 436 g/mol. The van der Waals surface area contributed by atoms with Crippen molar-refractivity contribution >= 4 is 22.8 Å². The molecule has 4 rings (SSSR count). The van der Waals surface area contributed by atoms with Gasteiger partial charge in [-0.25, -0.2) is 0 Å². The molecule has 35 heavy (non-hydrogen) atoms. The third kappa shape index (κ3) is 6.18. The minimum atomic E-state index is -0.805. The first-order valence-electron chi connectivity index (χ1n) is 12.1. The standard InChI is InChI=1S/C30H32N2O3/c1-22(30(34)35)17-26-21-32(20-24-11-7-4-8-12-24)28-14-13-25(18-27(26)28)19-29(33)31(2)16-15-23-9-5-3-6-10-23/h3-14,18,21-22H,15-17,19-20H2,1-2H3,(H,34,35). The molecule has 0 aliphatic rings. The van der Waals surface area contributed by atoms with Crippen molar-refractivity contribution in [1.82, 2.24) is 9.47 Å². The Morgan fingerprint density at radius 2 is 1.57 bits per heavy atom. The van der Waals surface area contributed by atoms with E-state index in [1.807, 2.05) is 49.5 Å². The summed E-state index contributed by atoms with van der Waals surface area (Å²) >= 11 is 0. The van der Waals surface area contributed by atoms with Crippen molar-refractivity contribution < 1.29 is 14.7 Å². The molecule has 180 valence electrons. The van der Waals surface area contributed by atoms with Gasteiger partial charge in [-0.3, -0.25) is 9.59 Å². The first kappa shape index (κ1) is 24.3. The Labute approximate surface area is 206 Å². The Kier molecular flexibility index (Phi) is 7.66. The lowest BCUT2D eigenvalue weighted by Gasteiger charge is -2.17. The van der Waals surface area contributed by atoms with Crippen LogP contribution in [0.4, 0.5) is 0 Å². The van der Waals surface area contributed by atoms with Crippen molar-refractivity contribution in [1.29, 1.82) is 0 Å². The monoisotopic (exact) mass is 468 g/mol. The van der Waals surface area contributed by atoms with Gasteiger partial charge in [0.2, 0.25) is 5.91 Å². The summed E-state index contributed by atoms with van der Waals surface area (Å²) in [7, 11) is 1.85. The van der Waals surface area contributed by atoms with E-state index < -0.39 is 11.9 Å². The van der Waals surface area contributed by atoms with E-state index in [1.165, 1.54) is 11.1 Å². The minimum absolute atomic E-state index is 0.0736. The van der Waals surface area contributed by atoms with Gasteiger partial charge >= 0.3 is 5.97 Å². The number of nitrogens with zero attached hydrogens (tertiary/aromatic N) is 2. The van der Waals surface area contributed by atoms with Crippen LogP contribution in [0, 0.1) is 5.92 Å².